The Bertz CT molecular complexity index is 495. The Morgan fingerprint density at radius 2 is 1.81 bits per heavy atom. The van der Waals surface area contributed by atoms with E-state index in [-0.39, 0.29) is 18.2 Å². The number of hydrogen-bond donors (Lipinski definition) is 1. The van der Waals surface area contributed by atoms with Crippen LogP contribution in [0.25, 0.3) is 0 Å². The van der Waals surface area contributed by atoms with E-state index in [9.17, 15) is 14.7 Å². The van der Waals surface area contributed by atoms with Gasteiger partial charge in [0.25, 0.3) is 0 Å². The Hall–Kier alpha value is -1.55. The van der Waals surface area contributed by atoms with Crippen molar-refractivity contribution in [1.29, 1.82) is 0 Å². The van der Waals surface area contributed by atoms with Crippen LogP contribution in [0.5, 0.6) is 0 Å². The van der Waals surface area contributed by atoms with Gasteiger partial charge in [0.2, 0.25) is 5.91 Å². The van der Waals surface area contributed by atoms with Crippen LogP contribution in [0.1, 0.15) is 50.1 Å². The van der Waals surface area contributed by atoms with Gasteiger partial charge in [0, 0.05) is 23.3 Å². The Labute approximate surface area is 129 Å². The molecule has 1 atom stereocenters. The largest absolute Gasteiger partial charge is 0.550 e. The molecule has 0 spiro atoms. The molecule has 0 heterocycles. The molecule has 1 saturated carbocycles. The third kappa shape index (κ3) is 4.74. The molecule has 2 rings (SSSR count). The molecule has 5 heteroatoms. The molecule has 114 valence electrons. The first-order valence-electron chi connectivity index (χ1n) is 7.32. The lowest BCUT2D eigenvalue weighted by molar-refractivity contribution is -0.306. The van der Waals surface area contributed by atoms with Gasteiger partial charge in [-0.1, -0.05) is 43.0 Å². The minimum Gasteiger partial charge on any atom is -0.550 e. The molecular formula is C16H19ClNO3-. The highest BCUT2D eigenvalue weighted by molar-refractivity contribution is 6.30. The zero-order chi connectivity index (χ0) is 15.2. The predicted octanol–water partition coefficient (Wildman–Crippen LogP) is 2.22. The van der Waals surface area contributed by atoms with Crippen LogP contribution in [0.2, 0.25) is 5.02 Å². The average molecular weight is 309 g/mol. The molecule has 0 bridgehead atoms. The van der Waals surface area contributed by atoms with Gasteiger partial charge in [-0.05, 0) is 30.5 Å². The van der Waals surface area contributed by atoms with Gasteiger partial charge in [0.05, 0.1) is 6.04 Å². The summed E-state index contributed by atoms with van der Waals surface area (Å²) in [6, 6.07) is 6.27. The minimum atomic E-state index is -1.18. The van der Waals surface area contributed by atoms with Crippen molar-refractivity contribution in [1.82, 2.24) is 5.32 Å². The first-order chi connectivity index (χ1) is 10.1. The van der Waals surface area contributed by atoms with Gasteiger partial charge < -0.3 is 15.2 Å². The van der Waals surface area contributed by atoms with Crippen molar-refractivity contribution in [2.24, 2.45) is 5.92 Å². The van der Waals surface area contributed by atoms with Crippen molar-refractivity contribution in [3.05, 3.63) is 34.9 Å². The van der Waals surface area contributed by atoms with Crippen molar-refractivity contribution < 1.29 is 14.7 Å². The Morgan fingerprint density at radius 3 is 2.38 bits per heavy atom. The van der Waals surface area contributed by atoms with Crippen LogP contribution in [0.15, 0.2) is 24.3 Å². The molecule has 0 aromatic heterocycles. The monoisotopic (exact) mass is 308 g/mol. The molecule has 1 aromatic rings. The molecule has 4 nitrogen and oxygen atoms in total. The summed E-state index contributed by atoms with van der Waals surface area (Å²) in [4.78, 5) is 23.2. The maximum Gasteiger partial charge on any atom is 0.223 e. The zero-order valence-electron chi connectivity index (χ0n) is 11.8. The van der Waals surface area contributed by atoms with E-state index in [4.69, 9.17) is 11.6 Å². The predicted molar refractivity (Wildman–Crippen MR) is 78.5 cm³/mol. The van der Waals surface area contributed by atoms with E-state index in [1.807, 2.05) is 0 Å². The van der Waals surface area contributed by atoms with Crippen molar-refractivity contribution in [3.63, 3.8) is 0 Å². The van der Waals surface area contributed by atoms with Crippen molar-refractivity contribution in [3.8, 4) is 0 Å². The first-order valence-corrected chi connectivity index (χ1v) is 7.70. The van der Waals surface area contributed by atoms with Crippen LogP contribution in [0.4, 0.5) is 0 Å². The third-order valence-corrected chi connectivity index (χ3v) is 4.19. The van der Waals surface area contributed by atoms with E-state index in [1.54, 1.807) is 24.3 Å². The van der Waals surface area contributed by atoms with Gasteiger partial charge in [0.1, 0.15) is 0 Å². The molecule has 1 amide bonds. The van der Waals surface area contributed by atoms with Crippen LogP contribution < -0.4 is 10.4 Å². The molecule has 0 saturated heterocycles. The van der Waals surface area contributed by atoms with Gasteiger partial charge in [0.15, 0.2) is 0 Å². The number of amides is 1. The smallest absolute Gasteiger partial charge is 0.223 e. The molecular weight excluding hydrogens is 290 g/mol. The van der Waals surface area contributed by atoms with E-state index in [2.05, 4.69) is 5.32 Å². The fourth-order valence-corrected chi connectivity index (χ4v) is 2.89. The zero-order valence-corrected chi connectivity index (χ0v) is 12.6. The number of benzene rings is 1. The van der Waals surface area contributed by atoms with Crippen molar-refractivity contribution in [2.45, 2.75) is 44.6 Å². The summed E-state index contributed by atoms with van der Waals surface area (Å²) in [6.07, 6.45) is 4.81. The quantitative estimate of drug-likeness (QED) is 0.906. The molecule has 0 aliphatic heterocycles. The highest BCUT2D eigenvalue weighted by Gasteiger charge is 2.24. The van der Waals surface area contributed by atoms with E-state index < -0.39 is 12.0 Å². The Balaban J connectivity index is 2.06. The fraction of sp³-hybridized carbons (Fsp3) is 0.500. The van der Waals surface area contributed by atoms with E-state index >= 15 is 0 Å². The van der Waals surface area contributed by atoms with Gasteiger partial charge in [-0.3, -0.25) is 4.79 Å². The van der Waals surface area contributed by atoms with Gasteiger partial charge in [-0.2, -0.15) is 0 Å². The van der Waals surface area contributed by atoms with Gasteiger partial charge in [-0.25, -0.2) is 0 Å². The molecule has 1 aromatic carbocycles. The fourth-order valence-electron chi connectivity index (χ4n) is 2.77. The number of halogens is 1. The number of carbonyl (C=O) groups excluding carboxylic acids is 2. The number of carbonyl (C=O) groups is 2. The van der Waals surface area contributed by atoms with E-state index in [0.29, 0.717) is 5.02 Å². The molecule has 0 radical (unpaired) electrons. The molecule has 1 N–H and O–H groups in total. The highest BCUT2D eigenvalue weighted by Crippen LogP contribution is 2.26. The first kappa shape index (κ1) is 15.8. The number of hydrogen-bond acceptors (Lipinski definition) is 3. The van der Waals surface area contributed by atoms with Crippen molar-refractivity contribution >= 4 is 23.5 Å². The second-order valence-corrected chi connectivity index (χ2v) is 5.96. The lowest BCUT2D eigenvalue weighted by Gasteiger charge is -2.25. The summed E-state index contributed by atoms with van der Waals surface area (Å²) in [6.45, 7) is 0. The van der Waals surface area contributed by atoms with E-state index in [0.717, 1.165) is 31.2 Å². The van der Waals surface area contributed by atoms with Crippen LogP contribution >= 0.6 is 11.6 Å². The maximum atomic E-state index is 12.3. The average Bonchev–Trinajstić information content (AvgIpc) is 2.48. The summed E-state index contributed by atoms with van der Waals surface area (Å²) in [5.41, 5.74) is 0.729. The van der Waals surface area contributed by atoms with E-state index in [1.165, 1.54) is 6.42 Å². The molecule has 1 aliphatic rings. The number of carboxylic acids is 1. The maximum absolute atomic E-state index is 12.3. The lowest BCUT2D eigenvalue weighted by Crippen LogP contribution is -2.38. The normalized spacial score (nSPS) is 17.2. The number of carboxylic acid groups (broad SMARTS) is 1. The Kier molecular flexibility index (Phi) is 5.62. The minimum absolute atomic E-state index is 0.00435. The standard InChI is InChI=1S/C16H20ClNO3/c17-13-8-6-11(7-9-13)14(10-15(19)20)18-16(21)12-4-2-1-3-5-12/h6-9,12,14H,1-5,10H2,(H,18,21)(H,19,20)/p-1/t14-/m0/s1. The van der Waals surface area contributed by atoms with Crippen LogP contribution in [-0.2, 0) is 9.59 Å². The number of nitrogens with one attached hydrogen (secondary N) is 1. The van der Waals surface area contributed by atoms with Gasteiger partial charge >= 0.3 is 0 Å². The molecule has 21 heavy (non-hydrogen) atoms. The highest BCUT2D eigenvalue weighted by atomic mass is 35.5. The lowest BCUT2D eigenvalue weighted by atomic mass is 9.88. The molecule has 0 unspecified atom stereocenters. The SMILES string of the molecule is O=C([O-])C[C@H](NC(=O)C1CCCCC1)c1ccc(Cl)cc1. The van der Waals surface area contributed by atoms with Crippen LogP contribution in [0.3, 0.4) is 0 Å². The molecule has 1 fully saturated rings. The van der Waals surface area contributed by atoms with Crippen LogP contribution in [0, 0.1) is 5.92 Å². The topological polar surface area (TPSA) is 69.2 Å². The second kappa shape index (κ2) is 7.46. The summed E-state index contributed by atoms with van der Waals surface area (Å²) in [7, 11) is 0. The summed E-state index contributed by atoms with van der Waals surface area (Å²) in [5.74, 6) is -1.25. The van der Waals surface area contributed by atoms with Crippen molar-refractivity contribution in [2.75, 3.05) is 0 Å². The number of rotatable bonds is 5. The number of aliphatic carboxylic acids is 1. The summed E-state index contributed by atoms with van der Waals surface area (Å²) < 4.78 is 0. The van der Waals surface area contributed by atoms with Gasteiger partial charge in [-0.15, -0.1) is 0 Å². The third-order valence-electron chi connectivity index (χ3n) is 3.94. The Morgan fingerprint density at radius 1 is 1.19 bits per heavy atom. The molecule has 1 aliphatic carbocycles. The second-order valence-electron chi connectivity index (χ2n) is 5.52. The summed E-state index contributed by atoms with van der Waals surface area (Å²) >= 11 is 5.83. The summed E-state index contributed by atoms with van der Waals surface area (Å²) in [5, 5.41) is 14.3. The van der Waals surface area contributed by atoms with Crippen LogP contribution in [-0.4, -0.2) is 11.9 Å².